The first-order valence-corrected chi connectivity index (χ1v) is 9.02. The number of fused-ring (bicyclic) bond motifs is 2. The van der Waals surface area contributed by atoms with Crippen molar-refractivity contribution in [2.75, 3.05) is 18.5 Å². The Morgan fingerprint density at radius 2 is 2.12 bits per heavy atom. The number of hydrogen-bond acceptors (Lipinski definition) is 4. The number of nitrogens with one attached hydrogen (secondary N) is 1. The molecular formula is C20H21N3O3. The van der Waals surface area contributed by atoms with E-state index in [0.29, 0.717) is 29.3 Å². The smallest absolute Gasteiger partial charge is 0.274 e. The SMILES string of the molecule is O=C(Nc1ccc2c(c1)C(=O)N1CCCCC1CCO2)c1ccccn1. The monoisotopic (exact) mass is 351 g/mol. The summed E-state index contributed by atoms with van der Waals surface area (Å²) in [4.78, 5) is 31.4. The predicted octanol–water partition coefficient (Wildman–Crippen LogP) is 3.11. The van der Waals surface area contributed by atoms with Gasteiger partial charge in [0, 0.05) is 30.9 Å². The summed E-state index contributed by atoms with van der Waals surface area (Å²) in [5.74, 6) is 0.258. The maximum absolute atomic E-state index is 13.1. The molecular weight excluding hydrogens is 330 g/mol. The molecule has 0 bridgehead atoms. The van der Waals surface area contributed by atoms with E-state index in [4.69, 9.17) is 4.74 Å². The molecule has 2 aliphatic rings. The molecule has 1 atom stereocenters. The van der Waals surface area contributed by atoms with E-state index in [2.05, 4.69) is 10.3 Å². The molecule has 0 spiro atoms. The third-order valence-corrected chi connectivity index (χ3v) is 4.96. The summed E-state index contributed by atoms with van der Waals surface area (Å²) in [6, 6.07) is 10.6. The van der Waals surface area contributed by atoms with Crippen molar-refractivity contribution >= 4 is 17.5 Å². The fourth-order valence-electron chi connectivity index (χ4n) is 3.62. The van der Waals surface area contributed by atoms with E-state index in [9.17, 15) is 9.59 Å². The standard InChI is InChI=1S/C20H21N3O3/c24-19(17-6-1-3-10-21-17)22-14-7-8-18-16(13-14)20(25)23-11-4-2-5-15(23)9-12-26-18/h1,3,6-8,10,13,15H,2,4-5,9,11-12H2,(H,22,24). The molecule has 3 heterocycles. The number of rotatable bonds is 2. The second-order valence-electron chi connectivity index (χ2n) is 6.67. The summed E-state index contributed by atoms with van der Waals surface area (Å²) in [5, 5.41) is 2.81. The molecule has 26 heavy (non-hydrogen) atoms. The van der Waals surface area contributed by atoms with Crippen LogP contribution in [0.25, 0.3) is 0 Å². The van der Waals surface area contributed by atoms with Gasteiger partial charge in [0.05, 0.1) is 12.2 Å². The van der Waals surface area contributed by atoms with Gasteiger partial charge in [-0.25, -0.2) is 0 Å². The minimum Gasteiger partial charge on any atom is -0.493 e. The van der Waals surface area contributed by atoms with Crippen molar-refractivity contribution in [3.05, 3.63) is 53.9 Å². The first-order chi connectivity index (χ1) is 12.7. The lowest BCUT2D eigenvalue weighted by Gasteiger charge is -2.37. The van der Waals surface area contributed by atoms with Crippen molar-refractivity contribution < 1.29 is 14.3 Å². The number of hydrogen-bond donors (Lipinski definition) is 1. The van der Waals surface area contributed by atoms with Crippen molar-refractivity contribution in [1.29, 1.82) is 0 Å². The average molecular weight is 351 g/mol. The van der Waals surface area contributed by atoms with Crippen molar-refractivity contribution in [2.24, 2.45) is 0 Å². The van der Waals surface area contributed by atoms with Crippen LogP contribution in [0.15, 0.2) is 42.6 Å². The van der Waals surface area contributed by atoms with Crippen LogP contribution in [0.3, 0.4) is 0 Å². The molecule has 2 aliphatic heterocycles. The van der Waals surface area contributed by atoms with Gasteiger partial charge in [0.25, 0.3) is 11.8 Å². The van der Waals surface area contributed by atoms with Gasteiger partial charge in [0.2, 0.25) is 0 Å². The topological polar surface area (TPSA) is 71.5 Å². The van der Waals surface area contributed by atoms with Crippen molar-refractivity contribution in [1.82, 2.24) is 9.88 Å². The zero-order chi connectivity index (χ0) is 17.9. The third-order valence-electron chi connectivity index (χ3n) is 4.96. The number of aromatic nitrogens is 1. The van der Waals surface area contributed by atoms with Gasteiger partial charge in [0.15, 0.2) is 0 Å². The Morgan fingerprint density at radius 1 is 1.19 bits per heavy atom. The number of pyridine rings is 1. The van der Waals surface area contributed by atoms with Gasteiger partial charge in [0.1, 0.15) is 11.4 Å². The van der Waals surface area contributed by atoms with Crippen LogP contribution in [0.4, 0.5) is 5.69 Å². The molecule has 0 radical (unpaired) electrons. The summed E-state index contributed by atoms with van der Waals surface area (Å²) in [6.45, 7) is 1.38. The Hall–Kier alpha value is -2.89. The highest BCUT2D eigenvalue weighted by molar-refractivity contribution is 6.04. The second-order valence-corrected chi connectivity index (χ2v) is 6.67. The van der Waals surface area contributed by atoms with E-state index in [1.165, 1.54) is 0 Å². The summed E-state index contributed by atoms with van der Waals surface area (Å²) in [5.41, 5.74) is 1.40. The van der Waals surface area contributed by atoms with Gasteiger partial charge in [-0.05, 0) is 49.6 Å². The third kappa shape index (κ3) is 3.27. The van der Waals surface area contributed by atoms with Crippen LogP contribution in [-0.2, 0) is 0 Å². The van der Waals surface area contributed by atoms with Gasteiger partial charge in [-0.1, -0.05) is 6.07 Å². The number of ether oxygens (including phenoxy) is 1. The number of anilines is 1. The summed E-state index contributed by atoms with van der Waals surface area (Å²) in [6.07, 6.45) is 5.66. The van der Waals surface area contributed by atoms with Crippen LogP contribution in [0, 0.1) is 0 Å². The minimum atomic E-state index is -0.305. The predicted molar refractivity (Wildman–Crippen MR) is 97.4 cm³/mol. The van der Waals surface area contributed by atoms with E-state index < -0.39 is 0 Å². The molecule has 134 valence electrons. The van der Waals surface area contributed by atoms with E-state index in [-0.39, 0.29) is 17.9 Å². The van der Waals surface area contributed by atoms with Crippen molar-refractivity contribution in [3.8, 4) is 5.75 Å². The lowest BCUT2D eigenvalue weighted by molar-refractivity contribution is 0.0548. The molecule has 2 aromatic rings. The van der Waals surface area contributed by atoms with Gasteiger partial charge in [-0.15, -0.1) is 0 Å². The summed E-state index contributed by atoms with van der Waals surface area (Å²) >= 11 is 0. The van der Waals surface area contributed by atoms with Gasteiger partial charge in [-0.3, -0.25) is 14.6 Å². The number of benzene rings is 1. The average Bonchev–Trinajstić information content (AvgIpc) is 2.68. The Bertz CT molecular complexity index is 822. The molecule has 0 saturated carbocycles. The molecule has 1 aromatic heterocycles. The zero-order valence-electron chi connectivity index (χ0n) is 14.5. The van der Waals surface area contributed by atoms with Crippen LogP contribution >= 0.6 is 0 Å². The molecule has 6 heteroatoms. The molecule has 4 rings (SSSR count). The van der Waals surface area contributed by atoms with E-state index in [0.717, 1.165) is 32.2 Å². The molecule has 2 amide bonds. The van der Waals surface area contributed by atoms with Gasteiger partial charge in [-0.2, -0.15) is 0 Å². The number of piperidine rings is 1. The molecule has 1 N–H and O–H groups in total. The van der Waals surface area contributed by atoms with Crippen molar-refractivity contribution in [2.45, 2.75) is 31.7 Å². The fraction of sp³-hybridized carbons (Fsp3) is 0.350. The first-order valence-electron chi connectivity index (χ1n) is 9.02. The van der Waals surface area contributed by atoms with Crippen LogP contribution in [-0.4, -0.2) is 40.9 Å². The number of amides is 2. The Kier molecular flexibility index (Phi) is 4.56. The maximum Gasteiger partial charge on any atom is 0.274 e. The maximum atomic E-state index is 13.1. The van der Waals surface area contributed by atoms with E-state index in [1.807, 2.05) is 4.90 Å². The normalized spacial score (nSPS) is 19.5. The highest BCUT2D eigenvalue weighted by Gasteiger charge is 2.31. The summed E-state index contributed by atoms with van der Waals surface area (Å²) in [7, 11) is 0. The van der Waals surface area contributed by atoms with Crippen LogP contribution in [0.1, 0.15) is 46.5 Å². The Balaban J connectivity index is 1.60. The quantitative estimate of drug-likeness (QED) is 0.902. The highest BCUT2D eigenvalue weighted by Crippen LogP contribution is 2.31. The Labute approximate surface area is 152 Å². The molecule has 1 unspecified atom stereocenters. The largest absolute Gasteiger partial charge is 0.493 e. The fourth-order valence-corrected chi connectivity index (χ4v) is 3.62. The molecule has 0 aliphatic carbocycles. The molecule has 1 fully saturated rings. The Morgan fingerprint density at radius 3 is 2.96 bits per heavy atom. The van der Waals surface area contributed by atoms with Crippen LogP contribution in [0.5, 0.6) is 5.75 Å². The minimum absolute atomic E-state index is 0.0154. The molecule has 1 saturated heterocycles. The lowest BCUT2D eigenvalue weighted by Crippen LogP contribution is -2.45. The van der Waals surface area contributed by atoms with E-state index >= 15 is 0 Å². The first kappa shape index (κ1) is 16.6. The zero-order valence-corrected chi connectivity index (χ0v) is 14.5. The highest BCUT2D eigenvalue weighted by atomic mass is 16.5. The molecule has 6 nitrogen and oxygen atoms in total. The van der Waals surface area contributed by atoms with Crippen molar-refractivity contribution in [3.63, 3.8) is 0 Å². The number of carbonyl (C=O) groups excluding carboxylic acids is 2. The molecule has 1 aromatic carbocycles. The van der Waals surface area contributed by atoms with Gasteiger partial charge < -0.3 is 15.0 Å². The number of nitrogens with zero attached hydrogens (tertiary/aromatic N) is 2. The van der Waals surface area contributed by atoms with E-state index in [1.54, 1.807) is 42.6 Å². The van der Waals surface area contributed by atoms with Crippen LogP contribution in [0.2, 0.25) is 0 Å². The lowest BCUT2D eigenvalue weighted by atomic mass is 9.97. The van der Waals surface area contributed by atoms with Gasteiger partial charge >= 0.3 is 0 Å². The number of carbonyl (C=O) groups is 2. The summed E-state index contributed by atoms with van der Waals surface area (Å²) < 4.78 is 5.82. The van der Waals surface area contributed by atoms with Crippen LogP contribution < -0.4 is 10.1 Å². The second kappa shape index (κ2) is 7.15.